The molecule has 0 saturated heterocycles. The van der Waals surface area contributed by atoms with Gasteiger partial charge in [0.25, 0.3) is 0 Å². The van der Waals surface area contributed by atoms with E-state index in [1.54, 1.807) is 0 Å². The van der Waals surface area contributed by atoms with E-state index >= 15 is 0 Å². The molecule has 1 N–H and O–H groups in total. The van der Waals surface area contributed by atoms with Gasteiger partial charge < -0.3 is 10.2 Å². The average Bonchev–Trinajstić information content (AvgIpc) is 3.37. The lowest BCUT2D eigenvalue weighted by molar-refractivity contribution is 0.871. The average molecular weight is 507 g/mol. The minimum absolute atomic E-state index is 0.886. The zero-order chi connectivity index (χ0) is 25.3. The van der Waals surface area contributed by atoms with Crippen molar-refractivity contribution < 1.29 is 0 Å². The minimum atomic E-state index is 0.886. The molecule has 0 spiro atoms. The smallest absolute Gasteiger partial charge is 0.0476 e. The molecule has 7 rings (SSSR count). The molecule has 182 valence electrons. The van der Waals surface area contributed by atoms with Crippen LogP contribution in [0.25, 0.3) is 38.4 Å². The predicted molar refractivity (Wildman–Crippen MR) is 163 cm³/mol. The Bertz CT molecular complexity index is 1650. The van der Waals surface area contributed by atoms with E-state index in [2.05, 4.69) is 144 Å². The van der Waals surface area contributed by atoms with Crippen LogP contribution in [0.1, 0.15) is 10.4 Å². The topological polar surface area (TPSA) is 15.3 Å². The summed E-state index contributed by atoms with van der Waals surface area (Å²) in [5, 5.41) is 4.70. The first-order valence-electron chi connectivity index (χ1n) is 12.9. The van der Waals surface area contributed by atoms with Crippen molar-refractivity contribution in [3.8, 4) is 22.3 Å². The molecule has 0 aliphatic carbocycles. The Morgan fingerprint density at radius 1 is 0.553 bits per heavy atom. The number of rotatable bonds is 5. The fourth-order valence-electron chi connectivity index (χ4n) is 5.22. The molecule has 0 atom stereocenters. The number of benzene rings is 5. The third-order valence-electron chi connectivity index (χ3n) is 7.16. The van der Waals surface area contributed by atoms with Crippen LogP contribution in [0, 0.1) is 0 Å². The van der Waals surface area contributed by atoms with Crippen LogP contribution in [0.4, 0.5) is 17.1 Å². The summed E-state index contributed by atoms with van der Waals surface area (Å²) < 4.78 is 1.31. The van der Waals surface area contributed by atoms with Crippen LogP contribution >= 0.6 is 11.3 Å². The number of nitrogens with zero attached hydrogens (tertiary/aromatic N) is 1. The molecule has 0 bridgehead atoms. The Labute approximate surface area is 227 Å². The van der Waals surface area contributed by atoms with E-state index in [0.717, 1.165) is 23.6 Å². The van der Waals surface area contributed by atoms with Crippen molar-refractivity contribution in [1.82, 2.24) is 5.32 Å². The molecule has 1 aliphatic rings. The second-order valence-electron chi connectivity index (χ2n) is 9.50. The van der Waals surface area contributed by atoms with Crippen molar-refractivity contribution in [3.63, 3.8) is 0 Å². The van der Waals surface area contributed by atoms with Crippen LogP contribution in [-0.4, -0.2) is 0 Å². The van der Waals surface area contributed by atoms with Gasteiger partial charge >= 0.3 is 0 Å². The maximum atomic E-state index is 3.36. The quantitative estimate of drug-likeness (QED) is 0.250. The Balaban J connectivity index is 1.32. The second-order valence-corrected chi connectivity index (χ2v) is 10.6. The lowest BCUT2D eigenvalue weighted by atomic mass is 10.0. The van der Waals surface area contributed by atoms with E-state index in [0.29, 0.717) is 0 Å². The van der Waals surface area contributed by atoms with E-state index in [4.69, 9.17) is 0 Å². The predicted octanol–water partition coefficient (Wildman–Crippen LogP) is 9.78. The number of anilines is 3. The summed E-state index contributed by atoms with van der Waals surface area (Å²) in [6.07, 6.45) is 4.24. The van der Waals surface area contributed by atoms with Crippen molar-refractivity contribution >= 4 is 44.6 Å². The van der Waals surface area contributed by atoms with Gasteiger partial charge in [-0.1, -0.05) is 91.0 Å². The Hall–Kier alpha value is -4.60. The first-order valence-corrected chi connectivity index (χ1v) is 13.7. The van der Waals surface area contributed by atoms with Crippen LogP contribution < -0.4 is 10.2 Å². The molecule has 0 amide bonds. The Kier molecular flexibility index (Phi) is 5.76. The number of fused-ring (bicyclic) bond motifs is 3. The molecule has 6 aromatic rings. The molecule has 0 saturated carbocycles. The van der Waals surface area contributed by atoms with Crippen LogP contribution in [0.5, 0.6) is 0 Å². The number of thiophene rings is 1. The molecule has 0 unspecified atom stereocenters. The van der Waals surface area contributed by atoms with Crippen molar-refractivity contribution in [2.75, 3.05) is 4.90 Å². The van der Waals surface area contributed by atoms with Crippen molar-refractivity contribution in [1.29, 1.82) is 0 Å². The zero-order valence-electron chi connectivity index (χ0n) is 20.8. The lowest BCUT2D eigenvalue weighted by Crippen LogP contribution is -2.10. The number of hydrogen-bond donors (Lipinski definition) is 1. The minimum Gasteiger partial charge on any atom is -0.387 e. The highest BCUT2D eigenvalue weighted by Gasteiger charge is 2.17. The molecule has 3 heteroatoms. The first-order chi connectivity index (χ1) is 18.8. The number of hydrogen-bond acceptors (Lipinski definition) is 3. The number of nitrogens with one attached hydrogen (secondary N) is 1. The largest absolute Gasteiger partial charge is 0.387 e. The molecular formula is C35H26N2S. The van der Waals surface area contributed by atoms with Gasteiger partial charge in [0, 0.05) is 33.2 Å². The standard InChI is InChI=1S/C35H26N2S/c1-3-7-25(8-4-1)27-11-15-29(16-12-27)37(30-17-13-28(14-18-30)26-9-5-2-6-10-26)31-19-20-32-33-24-36-22-21-34(33)38-35(32)23-31/h1-23,36H,24H2. The fourth-order valence-corrected chi connectivity index (χ4v) is 6.38. The van der Waals surface area contributed by atoms with Crippen LogP contribution in [-0.2, 0) is 6.54 Å². The second kappa shape index (κ2) is 9.70. The summed E-state index contributed by atoms with van der Waals surface area (Å²) in [6.45, 7) is 0.886. The van der Waals surface area contributed by atoms with E-state index in [1.807, 2.05) is 17.5 Å². The third-order valence-corrected chi connectivity index (χ3v) is 8.32. The lowest BCUT2D eigenvalue weighted by Gasteiger charge is -2.26. The van der Waals surface area contributed by atoms with Crippen molar-refractivity contribution in [2.24, 2.45) is 0 Å². The van der Waals surface area contributed by atoms with Gasteiger partial charge in [0.05, 0.1) is 0 Å². The molecule has 0 radical (unpaired) electrons. The van der Waals surface area contributed by atoms with Crippen LogP contribution in [0.2, 0.25) is 0 Å². The summed E-state index contributed by atoms with van der Waals surface area (Å²) in [4.78, 5) is 3.71. The fraction of sp³-hybridized carbons (Fsp3) is 0.0286. The SMILES string of the molecule is C1=Cc2sc3cc(N(c4ccc(-c5ccccc5)cc4)c4ccc(-c5ccccc5)cc4)ccc3c2CN1. The van der Waals surface area contributed by atoms with Gasteiger partial charge in [0.2, 0.25) is 0 Å². The third kappa shape index (κ3) is 4.17. The van der Waals surface area contributed by atoms with Crippen molar-refractivity contribution in [3.05, 3.63) is 144 Å². The monoisotopic (exact) mass is 506 g/mol. The molecule has 0 fully saturated rings. The van der Waals surface area contributed by atoms with Gasteiger partial charge in [-0.25, -0.2) is 0 Å². The first kappa shape index (κ1) is 22.6. The summed E-state index contributed by atoms with van der Waals surface area (Å²) >= 11 is 1.87. The van der Waals surface area contributed by atoms with Gasteiger partial charge in [-0.15, -0.1) is 11.3 Å². The highest BCUT2D eigenvalue weighted by molar-refractivity contribution is 7.20. The molecule has 38 heavy (non-hydrogen) atoms. The van der Waals surface area contributed by atoms with E-state index in [9.17, 15) is 0 Å². The normalized spacial score (nSPS) is 12.2. The van der Waals surface area contributed by atoms with Crippen LogP contribution in [0.15, 0.2) is 134 Å². The molecule has 5 aromatic carbocycles. The molecule has 1 aliphatic heterocycles. The van der Waals surface area contributed by atoms with Gasteiger partial charge in [0.15, 0.2) is 0 Å². The van der Waals surface area contributed by atoms with E-state index < -0.39 is 0 Å². The molecule has 2 heterocycles. The Morgan fingerprint density at radius 2 is 1.08 bits per heavy atom. The van der Waals surface area contributed by atoms with Crippen LogP contribution in [0.3, 0.4) is 0 Å². The summed E-state index contributed by atoms with van der Waals surface area (Å²) in [5.41, 5.74) is 9.72. The van der Waals surface area contributed by atoms with E-state index in [1.165, 1.54) is 42.8 Å². The maximum Gasteiger partial charge on any atom is 0.0476 e. The Morgan fingerprint density at radius 3 is 1.66 bits per heavy atom. The highest BCUT2D eigenvalue weighted by atomic mass is 32.1. The van der Waals surface area contributed by atoms with E-state index in [-0.39, 0.29) is 0 Å². The summed E-state index contributed by atoms with van der Waals surface area (Å²) in [5.74, 6) is 0. The van der Waals surface area contributed by atoms with Gasteiger partial charge in [-0.05, 0) is 81.9 Å². The van der Waals surface area contributed by atoms with Gasteiger partial charge in [-0.3, -0.25) is 0 Å². The summed E-state index contributed by atoms with van der Waals surface area (Å²) in [6, 6.07) is 45.7. The molecule has 2 nitrogen and oxygen atoms in total. The van der Waals surface area contributed by atoms with Gasteiger partial charge in [0.1, 0.15) is 0 Å². The molecule has 1 aromatic heterocycles. The van der Waals surface area contributed by atoms with Gasteiger partial charge in [-0.2, -0.15) is 0 Å². The summed E-state index contributed by atoms with van der Waals surface area (Å²) in [7, 11) is 0. The molecular weight excluding hydrogens is 480 g/mol. The zero-order valence-corrected chi connectivity index (χ0v) is 21.7. The maximum absolute atomic E-state index is 3.36. The van der Waals surface area contributed by atoms with Crippen molar-refractivity contribution in [2.45, 2.75) is 6.54 Å². The highest BCUT2D eigenvalue weighted by Crippen LogP contribution is 2.41.